The Kier molecular flexibility index (Phi) is 5.26. The van der Waals surface area contributed by atoms with Gasteiger partial charge in [0.05, 0.1) is 0 Å². The molecule has 2 aromatic carbocycles. The number of nitrogens with one attached hydrogen (secondary N) is 2. The summed E-state index contributed by atoms with van der Waals surface area (Å²) in [6.07, 6.45) is 1.61. The van der Waals surface area contributed by atoms with Crippen molar-refractivity contribution in [1.29, 1.82) is 0 Å². The van der Waals surface area contributed by atoms with Crippen LogP contribution in [0.2, 0.25) is 5.02 Å². The van der Waals surface area contributed by atoms with Crippen LogP contribution in [0.25, 0.3) is 10.8 Å². The Hall–Kier alpha value is -2.92. The summed E-state index contributed by atoms with van der Waals surface area (Å²) in [5, 5.41) is 7.85. The van der Waals surface area contributed by atoms with Crippen molar-refractivity contribution in [1.82, 2.24) is 15.6 Å². The minimum Gasteiger partial charge on any atom is -0.350 e. The topological polar surface area (TPSA) is 71.1 Å². The lowest BCUT2D eigenvalue weighted by atomic mass is 10.1. The first-order chi connectivity index (χ1) is 12.1. The average molecular weight is 354 g/mol. The summed E-state index contributed by atoms with van der Waals surface area (Å²) in [5.74, 6) is -0.480. The molecule has 0 spiro atoms. The second kappa shape index (κ2) is 7.77. The van der Waals surface area contributed by atoms with Gasteiger partial charge in [-0.05, 0) is 35.7 Å². The Morgan fingerprint density at radius 2 is 1.56 bits per heavy atom. The van der Waals surface area contributed by atoms with E-state index in [4.69, 9.17) is 11.6 Å². The maximum Gasteiger partial charge on any atom is 0.270 e. The summed E-state index contributed by atoms with van der Waals surface area (Å²) in [6.45, 7) is 0.626. The Morgan fingerprint density at radius 1 is 0.880 bits per heavy atom. The largest absolute Gasteiger partial charge is 0.350 e. The first-order valence-electron chi connectivity index (χ1n) is 7.81. The molecule has 2 N–H and O–H groups in total. The third-order valence-corrected chi connectivity index (χ3v) is 3.94. The molecule has 0 aliphatic rings. The number of hydrogen-bond acceptors (Lipinski definition) is 3. The molecule has 126 valence electrons. The number of rotatable bonds is 5. The van der Waals surface area contributed by atoms with Gasteiger partial charge in [0.25, 0.3) is 11.8 Å². The van der Waals surface area contributed by atoms with Crippen molar-refractivity contribution in [3.05, 3.63) is 77.1 Å². The lowest BCUT2D eigenvalue weighted by Gasteiger charge is -2.08. The van der Waals surface area contributed by atoms with Crippen molar-refractivity contribution >= 4 is 34.2 Å². The van der Waals surface area contributed by atoms with Crippen molar-refractivity contribution in [3.63, 3.8) is 0 Å². The van der Waals surface area contributed by atoms with E-state index in [1.54, 1.807) is 30.5 Å². The average Bonchev–Trinajstić information content (AvgIpc) is 2.65. The van der Waals surface area contributed by atoms with Crippen molar-refractivity contribution in [2.75, 3.05) is 13.1 Å². The minimum absolute atomic E-state index is 0.214. The third kappa shape index (κ3) is 4.14. The van der Waals surface area contributed by atoms with Crippen LogP contribution in [0.15, 0.2) is 60.8 Å². The summed E-state index contributed by atoms with van der Waals surface area (Å²) in [5.41, 5.74) is 0.897. The second-order valence-electron chi connectivity index (χ2n) is 5.40. The number of pyridine rings is 1. The maximum atomic E-state index is 12.3. The van der Waals surface area contributed by atoms with Gasteiger partial charge in [0.2, 0.25) is 0 Å². The van der Waals surface area contributed by atoms with E-state index in [9.17, 15) is 9.59 Å². The molecule has 1 aromatic heterocycles. The van der Waals surface area contributed by atoms with E-state index in [1.165, 1.54) is 0 Å². The van der Waals surface area contributed by atoms with Gasteiger partial charge in [0.15, 0.2) is 0 Å². The fraction of sp³-hybridized carbons (Fsp3) is 0.105. The SMILES string of the molecule is O=C(NCCNC(=O)c1nccc2ccccc12)c1ccc(Cl)cc1. The summed E-state index contributed by atoms with van der Waals surface area (Å²) in [4.78, 5) is 28.4. The van der Waals surface area contributed by atoms with Crippen LogP contribution in [0, 0.1) is 0 Å². The molecular formula is C19H16ClN3O2. The predicted octanol–water partition coefficient (Wildman–Crippen LogP) is 3.05. The first kappa shape index (κ1) is 16.9. The highest BCUT2D eigenvalue weighted by molar-refractivity contribution is 6.30. The van der Waals surface area contributed by atoms with Crippen molar-refractivity contribution in [3.8, 4) is 0 Å². The van der Waals surface area contributed by atoms with Crippen LogP contribution in [0.4, 0.5) is 0 Å². The van der Waals surface area contributed by atoms with Gasteiger partial charge in [-0.25, -0.2) is 0 Å². The Balaban J connectivity index is 1.54. The monoisotopic (exact) mass is 353 g/mol. The molecule has 6 heteroatoms. The fourth-order valence-corrected chi connectivity index (χ4v) is 2.57. The standard InChI is InChI=1S/C19H16ClN3O2/c20-15-7-5-14(6-8-15)18(24)22-11-12-23-19(25)17-16-4-2-1-3-13(16)9-10-21-17/h1-10H,11-12H2,(H,22,24)(H,23,25). The van der Waals surface area contributed by atoms with Crippen molar-refractivity contribution in [2.45, 2.75) is 0 Å². The van der Waals surface area contributed by atoms with Crippen LogP contribution in [-0.2, 0) is 0 Å². The number of carbonyl (C=O) groups is 2. The molecule has 0 unspecified atom stereocenters. The van der Waals surface area contributed by atoms with Gasteiger partial charge < -0.3 is 10.6 Å². The summed E-state index contributed by atoms with van der Waals surface area (Å²) >= 11 is 5.79. The number of benzene rings is 2. The van der Waals surface area contributed by atoms with Gasteiger partial charge in [-0.1, -0.05) is 35.9 Å². The Morgan fingerprint density at radius 3 is 2.32 bits per heavy atom. The quantitative estimate of drug-likeness (QED) is 0.692. The smallest absolute Gasteiger partial charge is 0.270 e. The molecule has 0 bridgehead atoms. The first-order valence-corrected chi connectivity index (χ1v) is 8.18. The molecule has 5 nitrogen and oxygen atoms in total. The maximum absolute atomic E-state index is 12.3. The number of hydrogen-bond donors (Lipinski definition) is 2. The number of amides is 2. The van der Waals surface area contributed by atoms with E-state index < -0.39 is 0 Å². The van der Waals surface area contributed by atoms with Crippen LogP contribution < -0.4 is 10.6 Å². The van der Waals surface area contributed by atoms with Crippen LogP contribution in [-0.4, -0.2) is 29.9 Å². The van der Waals surface area contributed by atoms with E-state index in [2.05, 4.69) is 15.6 Å². The number of carbonyl (C=O) groups excluding carboxylic acids is 2. The molecular weight excluding hydrogens is 338 g/mol. The molecule has 0 fully saturated rings. The Bertz CT molecular complexity index is 905. The van der Waals surface area contributed by atoms with Gasteiger partial charge in [-0.15, -0.1) is 0 Å². The van der Waals surface area contributed by atoms with E-state index >= 15 is 0 Å². The molecule has 2 amide bonds. The molecule has 25 heavy (non-hydrogen) atoms. The van der Waals surface area contributed by atoms with Crippen LogP contribution in [0.1, 0.15) is 20.8 Å². The summed E-state index contributed by atoms with van der Waals surface area (Å²) in [7, 11) is 0. The third-order valence-electron chi connectivity index (χ3n) is 3.69. The van der Waals surface area contributed by atoms with E-state index in [0.717, 1.165) is 10.8 Å². The zero-order valence-electron chi connectivity index (χ0n) is 13.3. The highest BCUT2D eigenvalue weighted by Crippen LogP contribution is 2.15. The van der Waals surface area contributed by atoms with Gasteiger partial charge in [-0.2, -0.15) is 0 Å². The van der Waals surface area contributed by atoms with Gasteiger partial charge in [0.1, 0.15) is 5.69 Å². The molecule has 0 aliphatic carbocycles. The molecule has 0 atom stereocenters. The molecule has 0 saturated carbocycles. The summed E-state index contributed by atoms with van der Waals surface area (Å²) in [6, 6.07) is 16.0. The number of nitrogens with zero attached hydrogens (tertiary/aromatic N) is 1. The van der Waals surface area contributed by atoms with Crippen LogP contribution in [0.3, 0.4) is 0 Å². The fourth-order valence-electron chi connectivity index (χ4n) is 2.44. The normalized spacial score (nSPS) is 10.4. The molecule has 1 heterocycles. The highest BCUT2D eigenvalue weighted by atomic mass is 35.5. The second-order valence-corrected chi connectivity index (χ2v) is 5.84. The van der Waals surface area contributed by atoms with E-state index in [-0.39, 0.29) is 11.8 Å². The lowest BCUT2D eigenvalue weighted by Crippen LogP contribution is -2.35. The molecule has 0 radical (unpaired) electrons. The number of halogens is 1. The zero-order chi connectivity index (χ0) is 17.6. The number of fused-ring (bicyclic) bond motifs is 1. The van der Waals surface area contributed by atoms with E-state index in [0.29, 0.717) is 29.4 Å². The minimum atomic E-state index is -0.266. The van der Waals surface area contributed by atoms with Gasteiger partial charge >= 0.3 is 0 Å². The molecule has 0 saturated heterocycles. The Labute approximate surface area is 150 Å². The zero-order valence-corrected chi connectivity index (χ0v) is 14.1. The molecule has 0 aliphatic heterocycles. The van der Waals surface area contributed by atoms with Crippen molar-refractivity contribution < 1.29 is 9.59 Å². The van der Waals surface area contributed by atoms with Gasteiger partial charge in [0, 0.05) is 35.3 Å². The predicted molar refractivity (Wildman–Crippen MR) is 97.9 cm³/mol. The van der Waals surface area contributed by atoms with Gasteiger partial charge in [-0.3, -0.25) is 14.6 Å². The highest BCUT2D eigenvalue weighted by Gasteiger charge is 2.11. The van der Waals surface area contributed by atoms with Crippen LogP contribution in [0.5, 0.6) is 0 Å². The molecule has 3 aromatic rings. The number of aromatic nitrogens is 1. The lowest BCUT2D eigenvalue weighted by molar-refractivity contribution is 0.0926. The van der Waals surface area contributed by atoms with E-state index in [1.807, 2.05) is 30.3 Å². The van der Waals surface area contributed by atoms with Crippen molar-refractivity contribution in [2.24, 2.45) is 0 Å². The summed E-state index contributed by atoms with van der Waals surface area (Å²) < 4.78 is 0. The van der Waals surface area contributed by atoms with Crippen LogP contribution >= 0.6 is 11.6 Å². The molecule has 3 rings (SSSR count).